The molecule has 1 heterocycles. The van der Waals surface area contributed by atoms with Gasteiger partial charge in [0.15, 0.2) is 0 Å². The van der Waals surface area contributed by atoms with Crippen molar-refractivity contribution in [3.8, 4) is 0 Å². The lowest BCUT2D eigenvalue weighted by atomic mass is 10.2. The molecule has 0 radical (unpaired) electrons. The van der Waals surface area contributed by atoms with Gasteiger partial charge in [0.1, 0.15) is 6.04 Å². The molecular formula is C11H23N3O3. The highest BCUT2D eigenvalue weighted by Crippen LogP contribution is 2.02. The topological polar surface area (TPSA) is 90.0 Å². The summed E-state index contributed by atoms with van der Waals surface area (Å²) in [6, 6.07) is -1.16. The molecular weight excluding hydrogens is 222 g/mol. The first-order chi connectivity index (χ1) is 7.88. The molecule has 1 rings (SSSR count). The van der Waals surface area contributed by atoms with Gasteiger partial charge in [0, 0.05) is 26.0 Å². The molecule has 6 nitrogen and oxygen atoms in total. The predicted octanol–water partition coefficient (Wildman–Crippen LogP) is -0.148. The van der Waals surface area contributed by atoms with E-state index in [9.17, 15) is 4.79 Å². The van der Waals surface area contributed by atoms with Gasteiger partial charge in [-0.2, -0.15) is 0 Å². The Hall–Kier alpha value is -1.27. The molecule has 100 valence electrons. The summed E-state index contributed by atoms with van der Waals surface area (Å²) in [5.41, 5.74) is 4.91. The second-order valence-electron chi connectivity index (χ2n) is 4.11. The van der Waals surface area contributed by atoms with Gasteiger partial charge in [-0.05, 0) is 13.3 Å². The van der Waals surface area contributed by atoms with E-state index in [1.807, 2.05) is 0 Å². The van der Waals surface area contributed by atoms with Crippen molar-refractivity contribution in [2.75, 3.05) is 20.3 Å². The van der Waals surface area contributed by atoms with Gasteiger partial charge < -0.3 is 25.7 Å². The normalized spacial score (nSPS) is 17.5. The summed E-state index contributed by atoms with van der Waals surface area (Å²) in [7, 11) is 2.09. The molecule has 0 aliphatic carbocycles. The number of carboxylic acids is 1. The van der Waals surface area contributed by atoms with Crippen LogP contribution in [0.1, 0.15) is 20.3 Å². The summed E-state index contributed by atoms with van der Waals surface area (Å²) < 4.78 is 0. The third-order valence-corrected chi connectivity index (χ3v) is 2.25. The number of hydrogen-bond acceptors (Lipinski definition) is 5. The molecule has 4 N–H and O–H groups in total. The van der Waals surface area contributed by atoms with E-state index in [1.165, 1.54) is 19.9 Å². The Morgan fingerprint density at radius 3 is 2.35 bits per heavy atom. The molecule has 2 unspecified atom stereocenters. The van der Waals surface area contributed by atoms with Crippen molar-refractivity contribution < 1.29 is 15.0 Å². The minimum Gasteiger partial charge on any atom is -0.480 e. The Labute approximate surface area is 102 Å². The smallest absolute Gasteiger partial charge is 0.323 e. The number of hydrogen-bond donors (Lipinski definition) is 3. The Kier molecular flexibility index (Phi) is 7.32. The third kappa shape index (κ3) is 6.80. The molecule has 0 bridgehead atoms. The number of carbonyl (C=O) groups is 1. The molecule has 0 amide bonds. The maximum absolute atomic E-state index is 9.86. The van der Waals surface area contributed by atoms with E-state index in [0.29, 0.717) is 0 Å². The fraction of sp³-hybridized carbons (Fsp3) is 0.727. The number of aliphatic carboxylic acids is 1. The number of nitrogens with zero attached hydrogens (tertiary/aromatic N) is 2. The second kappa shape index (κ2) is 7.92. The molecule has 0 aromatic carbocycles. The Morgan fingerprint density at radius 2 is 2.12 bits per heavy atom. The third-order valence-electron chi connectivity index (χ3n) is 2.25. The van der Waals surface area contributed by atoms with Gasteiger partial charge in [-0.25, -0.2) is 0 Å². The average molecular weight is 245 g/mol. The van der Waals surface area contributed by atoms with Crippen molar-refractivity contribution in [3.05, 3.63) is 12.4 Å². The van der Waals surface area contributed by atoms with E-state index < -0.39 is 18.1 Å². The zero-order valence-corrected chi connectivity index (χ0v) is 10.7. The van der Waals surface area contributed by atoms with E-state index in [1.54, 1.807) is 0 Å². The van der Waals surface area contributed by atoms with E-state index >= 15 is 0 Å². The van der Waals surface area contributed by atoms with Crippen LogP contribution in [-0.4, -0.2) is 58.4 Å². The van der Waals surface area contributed by atoms with Crippen LogP contribution in [-0.2, 0) is 4.79 Å². The van der Waals surface area contributed by atoms with E-state index in [2.05, 4.69) is 36.2 Å². The zero-order chi connectivity index (χ0) is 13.4. The maximum Gasteiger partial charge on any atom is 0.323 e. The van der Waals surface area contributed by atoms with Crippen LogP contribution >= 0.6 is 0 Å². The van der Waals surface area contributed by atoms with Gasteiger partial charge >= 0.3 is 5.97 Å². The molecule has 0 saturated carbocycles. The molecule has 0 aromatic heterocycles. The van der Waals surface area contributed by atoms with E-state index in [0.717, 1.165) is 6.67 Å². The van der Waals surface area contributed by atoms with Gasteiger partial charge in [0.2, 0.25) is 0 Å². The van der Waals surface area contributed by atoms with Crippen LogP contribution in [0.15, 0.2) is 12.4 Å². The van der Waals surface area contributed by atoms with E-state index in [4.69, 9.17) is 15.9 Å². The molecule has 2 atom stereocenters. The predicted molar refractivity (Wildman–Crippen MR) is 66.1 cm³/mol. The first kappa shape index (κ1) is 15.7. The molecule has 1 aliphatic heterocycles. The minimum atomic E-state index is -1.18. The zero-order valence-electron chi connectivity index (χ0n) is 10.7. The summed E-state index contributed by atoms with van der Waals surface area (Å²) in [4.78, 5) is 14.3. The largest absolute Gasteiger partial charge is 0.480 e. The SMILES string of the molecule is CC(O)C(N)C(=O)O.CCCN1C=CN(C)C1. The lowest BCUT2D eigenvalue weighted by Gasteiger charge is -2.16. The Morgan fingerprint density at radius 1 is 1.53 bits per heavy atom. The van der Waals surface area contributed by atoms with E-state index in [-0.39, 0.29) is 0 Å². The van der Waals surface area contributed by atoms with Crippen LogP contribution in [0.5, 0.6) is 0 Å². The standard InChI is InChI=1S/C7H14N2.C4H9NO3/c1-3-4-9-6-5-8(2)7-9;1-2(6)3(5)4(7)8/h5-6H,3-4,7H2,1-2H3;2-3,6H,5H2,1H3,(H,7,8). The number of aliphatic hydroxyl groups is 1. The molecule has 6 heteroatoms. The molecule has 0 aromatic rings. The molecule has 0 spiro atoms. The van der Waals surface area contributed by atoms with Crippen LogP contribution in [0, 0.1) is 0 Å². The summed E-state index contributed by atoms with van der Waals surface area (Å²) in [6.45, 7) is 5.78. The van der Waals surface area contributed by atoms with Crippen molar-refractivity contribution in [2.24, 2.45) is 5.73 Å². The summed E-state index contributed by atoms with van der Waals surface area (Å²) >= 11 is 0. The monoisotopic (exact) mass is 245 g/mol. The van der Waals surface area contributed by atoms with Crippen molar-refractivity contribution in [1.29, 1.82) is 0 Å². The van der Waals surface area contributed by atoms with Crippen LogP contribution < -0.4 is 5.73 Å². The van der Waals surface area contributed by atoms with Crippen molar-refractivity contribution >= 4 is 5.97 Å². The van der Waals surface area contributed by atoms with Crippen molar-refractivity contribution in [2.45, 2.75) is 32.4 Å². The average Bonchev–Trinajstić information content (AvgIpc) is 2.64. The second-order valence-corrected chi connectivity index (χ2v) is 4.11. The Bertz CT molecular complexity index is 256. The number of nitrogens with two attached hydrogens (primary N) is 1. The summed E-state index contributed by atoms with van der Waals surface area (Å²) in [6.07, 6.45) is 4.50. The first-order valence-corrected chi connectivity index (χ1v) is 5.67. The van der Waals surface area contributed by atoms with Gasteiger partial charge in [-0.3, -0.25) is 4.79 Å². The number of carboxylic acid groups (broad SMARTS) is 1. The van der Waals surface area contributed by atoms with Gasteiger partial charge in [0.05, 0.1) is 12.8 Å². The van der Waals surface area contributed by atoms with Gasteiger partial charge in [-0.15, -0.1) is 0 Å². The Balaban J connectivity index is 0.000000304. The summed E-state index contributed by atoms with van der Waals surface area (Å²) in [5.74, 6) is -1.18. The number of rotatable bonds is 4. The van der Waals surface area contributed by atoms with Gasteiger partial charge in [-0.1, -0.05) is 6.92 Å². The van der Waals surface area contributed by atoms with Crippen molar-refractivity contribution in [1.82, 2.24) is 9.80 Å². The molecule has 17 heavy (non-hydrogen) atoms. The van der Waals surface area contributed by atoms with Crippen LogP contribution in [0.3, 0.4) is 0 Å². The molecule has 0 fully saturated rings. The highest BCUT2D eigenvalue weighted by molar-refractivity contribution is 5.73. The van der Waals surface area contributed by atoms with Crippen LogP contribution in [0.2, 0.25) is 0 Å². The van der Waals surface area contributed by atoms with Gasteiger partial charge in [0.25, 0.3) is 0 Å². The van der Waals surface area contributed by atoms with Crippen LogP contribution in [0.4, 0.5) is 0 Å². The first-order valence-electron chi connectivity index (χ1n) is 5.67. The fourth-order valence-corrected chi connectivity index (χ4v) is 1.23. The molecule has 1 aliphatic rings. The quantitative estimate of drug-likeness (QED) is 0.638. The summed E-state index contributed by atoms with van der Waals surface area (Å²) in [5, 5.41) is 16.6. The lowest BCUT2D eigenvalue weighted by molar-refractivity contribution is -0.140. The van der Waals surface area contributed by atoms with Crippen molar-refractivity contribution in [3.63, 3.8) is 0 Å². The molecule has 0 saturated heterocycles. The minimum absolute atomic E-state index is 0.979. The number of aliphatic hydroxyl groups excluding tert-OH is 1. The maximum atomic E-state index is 9.86. The highest BCUT2D eigenvalue weighted by atomic mass is 16.4. The van der Waals surface area contributed by atoms with Crippen LogP contribution in [0.25, 0.3) is 0 Å². The highest BCUT2D eigenvalue weighted by Gasteiger charge is 2.16. The lowest BCUT2D eigenvalue weighted by Crippen LogP contribution is -2.39. The fourth-order valence-electron chi connectivity index (χ4n) is 1.23.